The summed E-state index contributed by atoms with van der Waals surface area (Å²) in [4.78, 5) is 15.1. The third kappa shape index (κ3) is 3.94. The first-order chi connectivity index (χ1) is 15.2. The van der Waals surface area contributed by atoms with E-state index in [0.717, 1.165) is 49.9 Å². The Morgan fingerprint density at radius 2 is 1.66 bits per heavy atom. The molecule has 1 fully saturated rings. The van der Waals surface area contributed by atoms with Gasteiger partial charge in [0, 0.05) is 25.8 Å². The molecular weight excluding hydrogens is 427 g/mol. The summed E-state index contributed by atoms with van der Waals surface area (Å²) in [7, 11) is -4.05. The number of sulfone groups is 1. The summed E-state index contributed by atoms with van der Waals surface area (Å²) in [5.41, 5.74) is 2.17. The largest absolute Gasteiger partial charge is 0.369 e. The molecule has 5 nitrogen and oxygen atoms in total. The number of aryl methyl sites for hydroxylation is 3. The maximum absolute atomic E-state index is 15.2. The highest BCUT2D eigenvalue weighted by molar-refractivity contribution is 7.91. The summed E-state index contributed by atoms with van der Waals surface area (Å²) in [6.07, 6.45) is 5.67. The minimum Gasteiger partial charge on any atom is -0.369 e. The molecule has 2 heterocycles. The van der Waals surface area contributed by atoms with Crippen LogP contribution in [0.3, 0.4) is 0 Å². The molecule has 4 rings (SSSR count). The molecule has 0 bridgehead atoms. The van der Waals surface area contributed by atoms with Crippen LogP contribution in [0.2, 0.25) is 0 Å². The number of hydrogen-bond acceptors (Lipinski definition) is 4. The summed E-state index contributed by atoms with van der Waals surface area (Å²) in [5.74, 6) is -0.486. The fourth-order valence-electron chi connectivity index (χ4n) is 4.39. The van der Waals surface area contributed by atoms with E-state index in [9.17, 15) is 13.2 Å². The van der Waals surface area contributed by atoms with Gasteiger partial charge in [0.2, 0.25) is 15.3 Å². The van der Waals surface area contributed by atoms with E-state index in [1.165, 1.54) is 18.3 Å². The second kappa shape index (κ2) is 8.70. The molecular formula is C25H29FN2O3S. The van der Waals surface area contributed by atoms with Crippen molar-refractivity contribution in [3.8, 4) is 0 Å². The van der Waals surface area contributed by atoms with E-state index < -0.39 is 21.1 Å². The lowest BCUT2D eigenvalue weighted by Crippen LogP contribution is -2.26. The second-order valence-corrected chi connectivity index (χ2v) is 10.5. The van der Waals surface area contributed by atoms with Crippen LogP contribution in [0, 0.1) is 19.7 Å². The number of halogens is 1. The first-order valence-corrected chi connectivity index (χ1v) is 12.7. The number of nitrogens with zero attached hydrogens (tertiary/aromatic N) is 2. The van der Waals surface area contributed by atoms with E-state index in [-0.39, 0.29) is 15.2 Å². The number of aromatic nitrogens is 1. The average molecular weight is 457 g/mol. The zero-order chi connectivity index (χ0) is 23.0. The molecule has 170 valence electrons. The van der Waals surface area contributed by atoms with Crippen LogP contribution in [0.1, 0.15) is 43.7 Å². The number of fused-ring (bicyclic) bond motifs is 1. The molecule has 0 radical (unpaired) electrons. The minimum atomic E-state index is -4.05. The molecule has 0 unspecified atom stereocenters. The van der Waals surface area contributed by atoms with Crippen LogP contribution < -0.4 is 10.3 Å². The standard InChI is InChI=1S/C25H29FN2O3S/c1-4-27-16-24(32(30,31)19-10-9-17(2)18(3)13-19)25(29)20-14-21(26)23(15-22(20)27)28-11-7-5-6-8-12-28/h9-10,13-16H,4-8,11-12H2,1-3H3. The Morgan fingerprint density at radius 3 is 2.28 bits per heavy atom. The number of pyridine rings is 1. The van der Waals surface area contributed by atoms with Gasteiger partial charge in [-0.2, -0.15) is 0 Å². The topological polar surface area (TPSA) is 59.4 Å². The van der Waals surface area contributed by atoms with Gasteiger partial charge in [-0.1, -0.05) is 18.9 Å². The van der Waals surface area contributed by atoms with Gasteiger partial charge in [-0.3, -0.25) is 4.79 Å². The molecule has 0 spiro atoms. The molecule has 0 saturated carbocycles. The van der Waals surface area contributed by atoms with Crippen molar-refractivity contribution in [1.82, 2.24) is 4.57 Å². The number of rotatable bonds is 4. The summed E-state index contributed by atoms with van der Waals surface area (Å²) < 4.78 is 43.6. The smallest absolute Gasteiger partial charge is 0.211 e. The molecule has 1 saturated heterocycles. The molecule has 2 aromatic carbocycles. The summed E-state index contributed by atoms with van der Waals surface area (Å²) in [6.45, 7) is 7.62. The van der Waals surface area contributed by atoms with E-state index in [1.807, 2.05) is 25.7 Å². The Morgan fingerprint density at radius 1 is 0.969 bits per heavy atom. The highest BCUT2D eigenvalue weighted by Gasteiger charge is 2.25. The SMILES string of the molecule is CCn1cc(S(=O)(=O)c2ccc(C)c(C)c2)c(=O)c2cc(F)c(N3CCCCCC3)cc21. The molecule has 0 amide bonds. The Hall–Kier alpha value is -2.67. The van der Waals surface area contributed by atoms with Crippen molar-refractivity contribution in [3.63, 3.8) is 0 Å². The van der Waals surface area contributed by atoms with Crippen molar-refractivity contribution < 1.29 is 12.8 Å². The maximum atomic E-state index is 15.2. The van der Waals surface area contributed by atoms with Gasteiger partial charge in [-0.15, -0.1) is 0 Å². The zero-order valence-corrected chi connectivity index (χ0v) is 19.6. The van der Waals surface area contributed by atoms with Crippen LogP contribution in [0.25, 0.3) is 10.9 Å². The third-order valence-corrected chi connectivity index (χ3v) is 8.23. The maximum Gasteiger partial charge on any atom is 0.211 e. The Kier molecular flexibility index (Phi) is 6.12. The molecule has 1 aliphatic rings. The van der Waals surface area contributed by atoms with Gasteiger partial charge in [0.1, 0.15) is 10.7 Å². The Labute approximate surface area is 188 Å². The van der Waals surface area contributed by atoms with Crippen molar-refractivity contribution in [2.45, 2.75) is 62.8 Å². The fourth-order valence-corrected chi connectivity index (χ4v) is 5.84. The minimum absolute atomic E-state index is 0.0707. The zero-order valence-electron chi connectivity index (χ0n) is 18.8. The lowest BCUT2D eigenvalue weighted by molar-refractivity contribution is 0.593. The molecule has 1 aliphatic heterocycles. The van der Waals surface area contributed by atoms with Gasteiger partial charge in [-0.25, -0.2) is 12.8 Å². The van der Waals surface area contributed by atoms with Crippen LogP contribution >= 0.6 is 0 Å². The Balaban J connectivity index is 1.91. The Bertz CT molecular complexity index is 1340. The predicted molar refractivity (Wildman–Crippen MR) is 126 cm³/mol. The third-order valence-electron chi connectivity index (χ3n) is 6.48. The van der Waals surface area contributed by atoms with Gasteiger partial charge in [-0.05, 0) is 69.0 Å². The van der Waals surface area contributed by atoms with Crippen LogP contribution in [0.5, 0.6) is 0 Å². The lowest BCUT2D eigenvalue weighted by atomic mass is 10.1. The summed E-state index contributed by atoms with van der Waals surface area (Å²) in [5, 5.41) is 0.0906. The normalized spacial score (nSPS) is 15.2. The first kappa shape index (κ1) is 22.5. The fraction of sp³-hybridized carbons (Fsp3) is 0.400. The van der Waals surface area contributed by atoms with Crippen molar-refractivity contribution in [2.24, 2.45) is 0 Å². The lowest BCUT2D eigenvalue weighted by Gasteiger charge is -2.24. The molecule has 1 aromatic heterocycles. The van der Waals surface area contributed by atoms with Crippen molar-refractivity contribution in [2.75, 3.05) is 18.0 Å². The highest BCUT2D eigenvalue weighted by Crippen LogP contribution is 2.29. The van der Waals surface area contributed by atoms with Crippen molar-refractivity contribution >= 4 is 26.4 Å². The number of anilines is 1. The first-order valence-electron chi connectivity index (χ1n) is 11.2. The van der Waals surface area contributed by atoms with Gasteiger partial charge in [0.15, 0.2) is 0 Å². The molecule has 0 aliphatic carbocycles. The molecule has 7 heteroatoms. The van der Waals surface area contributed by atoms with Crippen molar-refractivity contribution in [1.29, 1.82) is 0 Å². The molecule has 32 heavy (non-hydrogen) atoms. The molecule has 0 atom stereocenters. The van der Waals surface area contributed by atoms with Crippen LogP contribution in [0.4, 0.5) is 10.1 Å². The van der Waals surface area contributed by atoms with E-state index in [2.05, 4.69) is 0 Å². The van der Waals surface area contributed by atoms with Gasteiger partial charge in [0.25, 0.3) is 0 Å². The summed E-state index contributed by atoms with van der Waals surface area (Å²) in [6, 6.07) is 7.74. The van der Waals surface area contributed by atoms with Crippen molar-refractivity contribution in [3.05, 3.63) is 63.7 Å². The van der Waals surface area contributed by atoms with Gasteiger partial charge in [0.05, 0.1) is 21.5 Å². The molecule has 0 N–H and O–H groups in total. The second-order valence-electron chi connectivity index (χ2n) is 8.58. The quantitative estimate of drug-likeness (QED) is 0.555. The van der Waals surface area contributed by atoms with Crippen LogP contribution in [-0.4, -0.2) is 26.1 Å². The highest BCUT2D eigenvalue weighted by atomic mass is 32.2. The van der Waals surface area contributed by atoms with Crippen LogP contribution in [0.15, 0.2) is 51.1 Å². The van der Waals surface area contributed by atoms with E-state index >= 15 is 4.39 Å². The molecule has 3 aromatic rings. The number of benzene rings is 2. The van der Waals surface area contributed by atoms with Gasteiger partial charge < -0.3 is 9.47 Å². The van der Waals surface area contributed by atoms with E-state index in [0.29, 0.717) is 17.7 Å². The van der Waals surface area contributed by atoms with E-state index in [1.54, 1.807) is 22.8 Å². The number of hydrogen-bond donors (Lipinski definition) is 0. The predicted octanol–water partition coefficient (Wildman–Crippen LogP) is 4.99. The average Bonchev–Trinajstić information content (AvgIpc) is 3.05. The summed E-state index contributed by atoms with van der Waals surface area (Å²) >= 11 is 0. The van der Waals surface area contributed by atoms with E-state index in [4.69, 9.17) is 0 Å². The van der Waals surface area contributed by atoms with Crippen LogP contribution in [-0.2, 0) is 16.4 Å². The van der Waals surface area contributed by atoms with Gasteiger partial charge >= 0.3 is 0 Å². The monoisotopic (exact) mass is 456 g/mol.